The van der Waals surface area contributed by atoms with Gasteiger partial charge in [-0.05, 0) is 43.1 Å². The molecule has 1 aliphatic rings. The summed E-state index contributed by atoms with van der Waals surface area (Å²) < 4.78 is 32.1. The number of sulfonamides is 1. The first kappa shape index (κ1) is 16.9. The summed E-state index contributed by atoms with van der Waals surface area (Å²) in [6, 6.07) is 6.46. The van der Waals surface area contributed by atoms with Crippen LogP contribution in [0.5, 0.6) is 0 Å². The molecule has 6 nitrogen and oxygen atoms in total. The summed E-state index contributed by atoms with van der Waals surface area (Å²) in [5, 5.41) is 3.24. The van der Waals surface area contributed by atoms with Crippen LogP contribution in [0.1, 0.15) is 29.3 Å². The highest BCUT2D eigenvalue weighted by Gasteiger charge is 2.25. The van der Waals surface area contributed by atoms with Gasteiger partial charge in [0.1, 0.15) is 0 Å². The number of ether oxygens (including phenoxy) is 1. The molecule has 0 amide bonds. The maximum absolute atomic E-state index is 12.3. The minimum atomic E-state index is -3.45. The minimum absolute atomic E-state index is 0.0463. The Bertz CT molecular complexity index is 630. The Kier molecular flexibility index (Phi) is 5.55. The van der Waals surface area contributed by atoms with E-state index >= 15 is 0 Å². The quantitative estimate of drug-likeness (QED) is 0.785. The Morgan fingerprint density at radius 2 is 2.23 bits per heavy atom. The number of hydrogen-bond acceptors (Lipinski definition) is 5. The van der Waals surface area contributed by atoms with Crippen molar-refractivity contribution < 1.29 is 17.9 Å². The fourth-order valence-corrected chi connectivity index (χ4v) is 4.10. The summed E-state index contributed by atoms with van der Waals surface area (Å²) in [5.74, 6) is -0.363. The summed E-state index contributed by atoms with van der Waals surface area (Å²) in [5.41, 5.74) is 0.919. The molecule has 2 atom stereocenters. The molecule has 0 radical (unpaired) electrons. The van der Waals surface area contributed by atoms with Crippen LogP contribution < -0.4 is 10.0 Å². The van der Waals surface area contributed by atoms with E-state index in [-0.39, 0.29) is 17.7 Å². The van der Waals surface area contributed by atoms with Gasteiger partial charge in [0.05, 0.1) is 18.4 Å². The Hall–Kier alpha value is -1.44. The molecule has 122 valence electrons. The van der Waals surface area contributed by atoms with Crippen molar-refractivity contribution in [1.29, 1.82) is 0 Å². The highest BCUT2D eigenvalue weighted by Crippen LogP contribution is 2.14. The molecule has 0 spiro atoms. The molecule has 1 fully saturated rings. The molecule has 0 bridgehead atoms. The monoisotopic (exact) mass is 326 g/mol. The number of nitrogens with one attached hydrogen (secondary N) is 2. The lowest BCUT2D eigenvalue weighted by atomic mass is 9.97. The van der Waals surface area contributed by atoms with E-state index in [2.05, 4.69) is 14.8 Å². The normalized spacial score (nSPS) is 22.3. The molecule has 1 saturated heterocycles. The zero-order valence-corrected chi connectivity index (χ0v) is 13.7. The van der Waals surface area contributed by atoms with Crippen molar-refractivity contribution in [2.45, 2.75) is 25.1 Å². The first-order valence-corrected chi connectivity index (χ1v) is 8.94. The molecule has 1 aromatic rings. The Morgan fingerprint density at radius 1 is 1.45 bits per heavy atom. The van der Waals surface area contributed by atoms with Gasteiger partial charge in [0.25, 0.3) is 0 Å². The molecule has 2 rings (SSSR count). The molecule has 7 heteroatoms. The van der Waals surface area contributed by atoms with Crippen LogP contribution in [-0.2, 0) is 20.5 Å². The van der Waals surface area contributed by atoms with Gasteiger partial charge in [-0.2, -0.15) is 0 Å². The lowest BCUT2D eigenvalue weighted by Crippen LogP contribution is -2.48. The maximum Gasteiger partial charge on any atom is 0.337 e. The molecule has 2 N–H and O–H groups in total. The van der Waals surface area contributed by atoms with Gasteiger partial charge in [-0.15, -0.1) is 0 Å². The van der Waals surface area contributed by atoms with E-state index in [0.29, 0.717) is 11.1 Å². The third-order valence-electron chi connectivity index (χ3n) is 3.82. The van der Waals surface area contributed by atoms with Crippen molar-refractivity contribution in [1.82, 2.24) is 10.0 Å². The number of rotatable bonds is 5. The van der Waals surface area contributed by atoms with Gasteiger partial charge in [0.2, 0.25) is 10.0 Å². The lowest BCUT2D eigenvalue weighted by Gasteiger charge is -2.29. The summed E-state index contributed by atoms with van der Waals surface area (Å²) in [6.07, 6.45) is 0.780. The van der Waals surface area contributed by atoms with Crippen LogP contribution in [-0.4, -0.2) is 40.6 Å². The Balaban J connectivity index is 2.06. The predicted octanol–water partition coefficient (Wildman–Crippen LogP) is 0.891. The second-order valence-corrected chi connectivity index (χ2v) is 7.40. The molecule has 1 aromatic carbocycles. The lowest BCUT2D eigenvalue weighted by molar-refractivity contribution is 0.0600. The van der Waals surface area contributed by atoms with Crippen molar-refractivity contribution in [3.05, 3.63) is 35.4 Å². The summed E-state index contributed by atoms with van der Waals surface area (Å²) in [4.78, 5) is 11.5. The molecule has 0 aromatic heterocycles. The highest BCUT2D eigenvalue weighted by atomic mass is 32.2. The van der Waals surface area contributed by atoms with E-state index in [0.717, 1.165) is 19.5 Å². The molecule has 22 heavy (non-hydrogen) atoms. The number of piperidine rings is 1. The molecule has 1 heterocycles. The predicted molar refractivity (Wildman–Crippen MR) is 84.0 cm³/mol. The number of benzene rings is 1. The topological polar surface area (TPSA) is 84.5 Å². The van der Waals surface area contributed by atoms with Crippen molar-refractivity contribution >= 4 is 16.0 Å². The third kappa shape index (κ3) is 4.53. The van der Waals surface area contributed by atoms with Gasteiger partial charge in [-0.1, -0.05) is 19.1 Å². The second-order valence-electron chi connectivity index (χ2n) is 5.65. The van der Waals surface area contributed by atoms with Gasteiger partial charge in [-0.25, -0.2) is 17.9 Å². The SMILES string of the molecule is COC(=O)c1cccc(CS(=O)(=O)NC2CCNCC2C)c1. The van der Waals surface area contributed by atoms with Crippen molar-refractivity contribution in [2.24, 2.45) is 5.92 Å². The number of hydrogen-bond donors (Lipinski definition) is 2. The van der Waals surface area contributed by atoms with Crippen LogP contribution >= 0.6 is 0 Å². The number of esters is 1. The Labute approximate surface area is 131 Å². The fourth-order valence-electron chi connectivity index (χ4n) is 2.59. The number of carbonyl (C=O) groups excluding carboxylic acids is 1. The summed E-state index contributed by atoms with van der Waals surface area (Å²) in [6.45, 7) is 3.65. The van der Waals surface area contributed by atoms with E-state index in [1.165, 1.54) is 7.11 Å². The van der Waals surface area contributed by atoms with E-state index in [1.807, 2.05) is 6.92 Å². The van der Waals surface area contributed by atoms with E-state index in [1.54, 1.807) is 24.3 Å². The zero-order valence-electron chi connectivity index (χ0n) is 12.8. The minimum Gasteiger partial charge on any atom is -0.465 e. The van der Waals surface area contributed by atoms with E-state index < -0.39 is 16.0 Å². The van der Waals surface area contributed by atoms with Gasteiger partial charge in [0.15, 0.2) is 0 Å². The second kappa shape index (κ2) is 7.21. The summed E-state index contributed by atoms with van der Waals surface area (Å²) >= 11 is 0. The van der Waals surface area contributed by atoms with Gasteiger partial charge in [-0.3, -0.25) is 0 Å². The average Bonchev–Trinajstić information content (AvgIpc) is 2.48. The molecule has 0 saturated carbocycles. The maximum atomic E-state index is 12.3. The largest absolute Gasteiger partial charge is 0.465 e. The zero-order chi connectivity index (χ0) is 16.2. The number of methoxy groups -OCH3 is 1. The van der Waals surface area contributed by atoms with Crippen LogP contribution in [0.15, 0.2) is 24.3 Å². The first-order chi connectivity index (χ1) is 10.4. The van der Waals surface area contributed by atoms with E-state index in [9.17, 15) is 13.2 Å². The molecule has 1 aliphatic heterocycles. The van der Waals surface area contributed by atoms with Crippen LogP contribution in [0.3, 0.4) is 0 Å². The van der Waals surface area contributed by atoms with Gasteiger partial charge < -0.3 is 10.1 Å². The average molecular weight is 326 g/mol. The third-order valence-corrected chi connectivity index (χ3v) is 5.20. The highest BCUT2D eigenvalue weighted by molar-refractivity contribution is 7.88. The van der Waals surface area contributed by atoms with Crippen LogP contribution in [0.2, 0.25) is 0 Å². The van der Waals surface area contributed by atoms with Gasteiger partial charge in [0, 0.05) is 6.04 Å². The van der Waals surface area contributed by atoms with Crippen LogP contribution in [0.25, 0.3) is 0 Å². The van der Waals surface area contributed by atoms with Crippen molar-refractivity contribution in [3.63, 3.8) is 0 Å². The van der Waals surface area contributed by atoms with Crippen LogP contribution in [0, 0.1) is 5.92 Å². The van der Waals surface area contributed by atoms with Crippen molar-refractivity contribution in [3.8, 4) is 0 Å². The first-order valence-electron chi connectivity index (χ1n) is 7.29. The molecule has 0 aliphatic carbocycles. The molecular formula is C15H22N2O4S. The fraction of sp³-hybridized carbons (Fsp3) is 0.533. The van der Waals surface area contributed by atoms with Crippen LogP contribution in [0.4, 0.5) is 0 Å². The molecular weight excluding hydrogens is 304 g/mol. The van der Waals surface area contributed by atoms with Gasteiger partial charge >= 0.3 is 5.97 Å². The van der Waals surface area contributed by atoms with Crippen molar-refractivity contribution in [2.75, 3.05) is 20.2 Å². The standard InChI is InChI=1S/C15H22N2O4S/c1-11-9-16-7-6-14(11)17-22(19,20)10-12-4-3-5-13(8-12)15(18)21-2/h3-5,8,11,14,16-17H,6-7,9-10H2,1-2H3. The molecule has 2 unspecified atom stereocenters. The number of carbonyl (C=O) groups is 1. The van der Waals surface area contributed by atoms with E-state index in [4.69, 9.17) is 0 Å². The smallest absolute Gasteiger partial charge is 0.337 e. The summed E-state index contributed by atoms with van der Waals surface area (Å²) in [7, 11) is -2.15. The Morgan fingerprint density at radius 3 is 2.91 bits per heavy atom.